The van der Waals surface area contributed by atoms with E-state index in [0.29, 0.717) is 13.2 Å². The molecule has 4 nitrogen and oxygen atoms in total. The van der Waals surface area contributed by atoms with Gasteiger partial charge in [0, 0.05) is 24.2 Å². The summed E-state index contributed by atoms with van der Waals surface area (Å²) in [6, 6.07) is 6.03. The Morgan fingerprint density at radius 2 is 2.10 bits per heavy atom. The fourth-order valence-corrected chi connectivity index (χ4v) is 2.52. The Morgan fingerprint density at radius 3 is 2.75 bits per heavy atom. The highest BCUT2D eigenvalue weighted by Crippen LogP contribution is 2.22. The van der Waals surface area contributed by atoms with E-state index < -0.39 is 6.10 Å². The summed E-state index contributed by atoms with van der Waals surface area (Å²) in [6.45, 7) is 5.54. The summed E-state index contributed by atoms with van der Waals surface area (Å²) in [5, 5.41) is 13.1. The summed E-state index contributed by atoms with van der Waals surface area (Å²) in [6.07, 6.45) is 1.30. The van der Waals surface area contributed by atoms with Crippen molar-refractivity contribution < 1.29 is 9.84 Å². The van der Waals surface area contributed by atoms with Crippen molar-refractivity contribution >= 4 is 11.3 Å². The molecule has 0 aliphatic rings. The molecule has 1 aromatic carbocycles. The van der Waals surface area contributed by atoms with Crippen molar-refractivity contribution in [2.75, 3.05) is 13.2 Å². The lowest BCUT2D eigenvalue weighted by atomic mass is 10.1. The second-order valence-corrected chi connectivity index (χ2v) is 5.76. The first kappa shape index (κ1) is 15.0. The summed E-state index contributed by atoms with van der Waals surface area (Å²) in [5.74, 6) is 0.869. The second kappa shape index (κ2) is 7.38. The molecule has 2 rings (SSSR count). The van der Waals surface area contributed by atoms with Crippen LogP contribution in [0.25, 0.3) is 0 Å². The van der Waals surface area contributed by atoms with E-state index >= 15 is 0 Å². The van der Waals surface area contributed by atoms with E-state index in [-0.39, 0.29) is 0 Å². The maximum absolute atomic E-state index is 9.92. The first-order chi connectivity index (χ1) is 9.66. The summed E-state index contributed by atoms with van der Waals surface area (Å²) in [7, 11) is 0. The monoisotopic (exact) mass is 292 g/mol. The summed E-state index contributed by atoms with van der Waals surface area (Å²) in [5.41, 5.74) is 3.99. The number of benzene rings is 1. The lowest BCUT2D eigenvalue weighted by molar-refractivity contribution is 0.105. The number of aliphatic hydroxyl groups excluding tert-OH is 1. The molecule has 0 bridgehead atoms. The normalized spacial score (nSPS) is 12.3. The van der Waals surface area contributed by atoms with Gasteiger partial charge in [-0.1, -0.05) is 18.2 Å². The van der Waals surface area contributed by atoms with Gasteiger partial charge in [0.2, 0.25) is 0 Å². The third kappa shape index (κ3) is 4.30. The Kier molecular flexibility index (Phi) is 5.52. The molecule has 2 aromatic rings. The Labute approximate surface area is 123 Å². The number of para-hydroxylation sites is 1. The number of nitrogens with one attached hydrogen (secondary N) is 1. The predicted molar refractivity (Wildman–Crippen MR) is 81.2 cm³/mol. The molecule has 2 N–H and O–H groups in total. The molecule has 0 radical (unpaired) electrons. The van der Waals surface area contributed by atoms with Crippen LogP contribution in [0.4, 0.5) is 0 Å². The van der Waals surface area contributed by atoms with E-state index in [4.69, 9.17) is 4.74 Å². The van der Waals surface area contributed by atoms with Crippen LogP contribution in [0.15, 0.2) is 29.9 Å². The minimum absolute atomic E-state index is 0.293. The van der Waals surface area contributed by atoms with Gasteiger partial charge >= 0.3 is 0 Å². The lowest BCUT2D eigenvalue weighted by Crippen LogP contribution is -2.31. The van der Waals surface area contributed by atoms with Crippen LogP contribution in [0, 0.1) is 13.8 Å². The van der Waals surface area contributed by atoms with Gasteiger partial charge in [0.25, 0.3) is 0 Å². The largest absolute Gasteiger partial charge is 0.490 e. The van der Waals surface area contributed by atoms with Gasteiger partial charge in [-0.05, 0) is 25.0 Å². The maximum atomic E-state index is 9.92. The molecule has 1 unspecified atom stereocenters. The molecule has 20 heavy (non-hydrogen) atoms. The van der Waals surface area contributed by atoms with Gasteiger partial charge in [0.05, 0.1) is 5.51 Å². The fourth-order valence-electron chi connectivity index (χ4n) is 1.96. The number of thiazole rings is 1. The van der Waals surface area contributed by atoms with E-state index in [1.54, 1.807) is 16.8 Å². The van der Waals surface area contributed by atoms with Gasteiger partial charge in [-0.2, -0.15) is 0 Å². The molecule has 0 spiro atoms. The van der Waals surface area contributed by atoms with Crippen molar-refractivity contribution in [2.24, 2.45) is 0 Å². The molecule has 1 atom stereocenters. The molecule has 0 saturated carbocycles. The molecule has 5 heteroatoms. The predicted octanol–water partition coefficient (Wildman–Crippen LogP) is 2.29. The molecular weight excluding hydrogens is 272 g/mol. The molecule has 108 valence electrons. The van der Waals surface area contributed by atoms with E-state index in [1.807, 2.05) is 38.2 Å². The van der Waals surface area contributed by atoms with Crippen LogP contribution in [0.3, 0.4) is 0 Å². The van der Waals surface area contributed by atoms with E-state index in [0.717, 1.165) is 28.3 Å². The number of ether oxygens (including phenoxy) is 1. The highest BCUT2D eigenvalue weighted by atomic mass is 32.1. The molecule has 0 fully saturated rings. The second-order valence-electron chi connectivity index (χ2n) is 4.78. The van der Waals surface area contributed by atoms with Gasteiger partial charge < -0.3 is 15.2 Å². The molecular formula is C15H20N2O2S. The van der Waals surface area contributed by atoms with Crippen molar-refractivity contribution in [2.45, 2.75) is 26.5 Å². The van der Waals surface area contributed by atoms with Crippen LogP contribution in [-0.2, 0) is 6.54 Å². The van der Waals surface area contributed by atoms with Crippen LogP contribution < -0.4 is 10.1 Å². The van der Waals surface area contributed by atoms with E-state index in [2.05, 4.69) is 10.3 Å². The first-order valence-electron chi connectivity index (χ1n) is 6.62. The van der Waals surface area contributed by atoms with E-state index in [1.165, 1.54) is 0 Å². The zero-order valence-electron chi connectivity index (χ0n) is 11.8. The molecule has 0 aliphatic carbocycles. The van der Waals surface area contributed by atoms with Crippen molar-refractivity contribution in [1.82, 2.24) is 10.3 Å². The number of hydrogen-bond donors (Lipinski definition) is 2. The molecule has 0 amide bonds. The standard InChI is InChI=1S/C15H20N2O2S/c1-11-4-3-5-12(2)15(11)19-9-13(18)6-16-7-14-8-17-10-20-14/h3-5,8,10,13,16,18H,6-7,9H2,1-2H3. The van der Waals surface area contributed by atoms with Gasteiger partial charge in [-0.15, -0.1) is 11.3 Å². The summed E-state index contributed by atoms with van der Waals surface area (Å²) < 4.78 is 5.72. The third-order valence-corrected chi connectivity index (χ3v) is 3.77. The number of aryl methyl sites for hydroxylation is 2. The number of aliphatic hydroxyl groups is 1. The number of aromatic nitrogens is 1. The molecule has 0 aliphatic heterocycles. The van der Waals surface area contributed by atoms with Gasteiger partial charge in [0.15, 0.2) is 0 Å². The van der Waals surface area contributed by atoms with Crippen molar-refractivity contribution in [3.63, 3.8) is 0 Å². The maximum Gasteiger partial charge on any atom is 0.125 e. The average molecular weight is 292 g/mol. The van der Waals surface area contributed by atoms with Crippen LogP contribution in [-0.4, -0.2) is 29.3 Å². The Bertz CT molecular complexity index is 508. The zero-order valence-corrected chi connectivity index (χ0v) is 12.6. The highest BCUT2D eigenvalue weighted by Gasteiger charge is 2.08. The summed E-state index contributed by atoms with van der Waals surface area (Å²) in [4.78, 5) is 5.17. The molecule has 1 heterocycles. The quantitative estimate of drug-likeness (QED) is 0.822. The number of nitrogens with zero attached hydrogens (tertiary/aromatic N) is 1. The first-order valence-corrected chi connectivity index (χ1v) is 7.50. The third-order valence-electron chi connectivity index (χ3n) is 2.99. The van der Waals surface area contributed by atoms with Crippen LogP contribution >= 0.6 is 11.3 Å². The van der Waals surface area contributed by atoms with Gasteiger partial charge in [-0.3, -0.25) is 4.98 Å². The van der Waals surface area contributed by atoms with Crippen molar-refractivity contribution in [1.29, 1.82) is 0 Å². The van der Waals surface area contributed by atoms with Crippen molar-refractivity contribution in [3.8, 4) is 5.75 Å². The fraction of sp³-hybridized carbons (Fsp3) is 0.400. The Hall–Kier alpha value is -1.43. The highest BCUT2D eigenvalue weighted by molar-refractivity contribution is 7.09. The lowest BCUT2D eigenvalue weighted by Gasteiger charge is -2.16. The topological polar surface area (TPSA) is 54.4 Å². The smallest absolute Gasteiger partial charge is 0.125 e. The van der Waals surface area contributed by atoms with Crippen LogP contribution in [0.1, 0.15) is 16.0 Å². The van der Waals surface area contributed by atoms with Gasteiger partial charge in [-0.25, -0.2) is 0 Å². The minimum atomic E-state index is -0.526. The minimum Gasteiger partial charge on any atom is -0.490 e. The summed E-state index contributed by atoms with van der Waals surface area (Å²) >= 11 is 1.60. The number of rotatable bonds is 7. The number of hydrogen-bond acceptors (Lipinski definition) is 5. The zero-order chi connectivity index (χ0) is 14.4. The van der Waals surface area contributed by atoms with Crippen LogP contribution in [0.5, 0.6) is 5.75 Å². The molecule has 1 aromatic heterocycles. The van der Waals surface area contributed by atoms with Crippen LogP contribution in [0.2, 0.25) is 0 Å². The van der Waals surface area contributed by atoms with Gasteiger partial charge in [0.1, 0.15) is 18.5 Å². The Balaban J connectivity index is 1.73. The van der Waals surface area contributed by atoms with Crippen molar-refractivity contribution in [3.05, 3.63) is 45.9 Å². The SMILES string of the molecule is Cc1cccc(C)c1OCC(O)CNCc1cncs1. The average Bonchev–Trinajstić information content (AvgIpc) is 2.91. The Morgan fingerprint density at radius 1 is 1.35 bits per heavy atom. The van der Waals surface area contributed by atoms with E-state index in [9.17, 15) is 5.11 Å². The molecule has 0 saturated heterocycles.